The van der Waals surface area contributed by atoms with E-state index in [2.05, 4.69) is 10.1 Å². The second-order valence-corrected chi connectivity index (χ2v) is 2.51. The maximum atomic E-state index is 5.35. The van der Waals surface area contributed by atoms with Crippen molar-refractivity contribution in [1.29, 1.82) is 0 Å². The Hall–Kier alpha value is -0.320. The molecule has 0 spiro atoms. The highest BCUT2D eigenvalue weighted by Gasteiger charge is 1.90. The molecule has 0 unspecified atom stereocenters. The molecule has 1 rings (SSSR count). The van der Waals surface area contributed by atoms with Gasteiger partial charge in [0.15, 0.2) is 0 Å². The van der Waals surface area contributed by atoms with Crippen molar-refractivity contribution in [2.24, 2.45) is 5.73 Å². The minimum atomic E-state index is 0. The van der Waals surface area contributed by atoms with Crippen LogP contribution in [0.5, 0.6) is 0 Å². The molecule has 13 heavy (non-hydrogen) atoms. The zero-order valence-electron chi connectivity index (χ0n) is 7.43. The average Bonchev–Trinajstić information content (AvgIpc) is 2.50. The molecule has 0 aliphatic rings. The molecule has 2 N–H and O–H groups in total. The van der Waals surface area contributed by atoms with Crippen molar-refractivity contribution < 1.29 is 0 Å². The van der Waals surface area contributed by atoms with Gasteiger partial charge in [0.25, 0.3) is 0 Å². The molecular weight excluding hydrogens is 211 g/mol. The number of halogens is 2. The highest BCUT2D eigenvalue weighted by molar-refractivity contribution is 5.85. The van der Waals surface area contributed by atoms with Gasteiger partial charge in [0.1, 0.15) is 12.7 Å². The summed E-state index contributed by atoms with van der Waals surface area (Å²) in [5.74, 6) is 0. The fourth-order valence-corrected chi connectivity index (χ4v) is 0.943. The summed E-state index contributed by atoms with van der Waals surface area (Å²) >= 11 is 0. The van der Waals surface area contributed by atoms with Crippen LogP contribution in [0.15, 0.2) is 12.7 Å². The Kier molecular flexibility index (Phi) is 11.4. The maximum absolute atomic E-state index is 5.35. The van der Waals surface area contributed by atoms with Gasteiger partial charge in [-0.3, -0.25) is 4.68 Å². The molecule has 0 amide bonds. The van der Waals surface area contributed by atoms with Crippen LogP contribution in [-0.4, -0.2) is 21.3 Å². The van der Waals surface area contributed by atoms with Crippen molar-refractivity contribution in [1.82, 2.24) is 14.8 Å². The lowest BCUT2D eigenvalue weighted by Gasteiger charge is -1.98. The van der Waals surface area contributed by atoms with Crippen LogP contribution >= 0.6 is 24.8 Å². The number of hydrogen-bond donors (Lipinski definition) is 1. The number of nitrogens with zero attached hydrogens (tertiary/aromatic N) is 3. The van der Waals surface area contributed by atoms with Gasteiger partial charge < -0.3 is 5.73 Å². The predicted octanol–water partition coefficient (Wildman–Crippen LogP) is 1.25. The molecule has 0 aliphatic carbocycles. The Bertz CT molecular complexity index is 179. The summed E-state index contributed by atoms with van der Waals surface area (Å²) in [6.07, 6.45) is 6.72. The van der Waals surface area contributed by atoms with Gasteiger partial charge in [-0.25, -0.2) is 4.98 Å². The van der Waals surface area contributed by atoms with Crippen molar-refractivity contribution in [2.75, 3.05) is 6.54 Å². The summed E-state index contributed by atoms with van der Waals surface area (Å²) in [7, 11) is 0. The Balaban J connectivity index is 0. The molecule has 0 saturated heterocycles. The molecule has 1 aromatic rings. The Morgan fingerprint density at radius 2 is 1.92 bits per heavy atom. The molecule has 1 aromatic heterocycles. The first kappa shape index (κ1) is 15.2. The number of nitrogens with two attached hydrogens (primary N) is 1. The topological polar surface area (TPSA) is 56.7 Å². The molecule has 0 radical (unpaired) electrons. The van der Waals surface area contributed by atoms with E-state index in [9.17, 15) is 0 Å². The van der Waals surface area contributed by atoms with Crippen molar-refractivity contribution in [3.63, 3.8) is 0 Å². The van der Waals surface area contributed by atoms with Gasteiger partial charge in [-0.05, 0) is 19.4 Å². The van der Waals surface area contributed by atoms with E-state index in [4.69, 9.17) is 5.73 Å². The second kappa shape index (κ2) is 9.77. The van der Waals surface area contributed by atoms with E-state index in [-0.39, 0.29) is 24.8 Å². The first-order chi connectivity index (χ1) is 5.43. The molecule has 0 saturated carbocycles. The van der Waals surface area contributed by atoms with Crippen LogP contribution in [0.25, 0.3) is 0 Å². The highest BCUT2D eigenvalue weighted by Crippen LogP contribution is 1.95. The summed E-state index contributed by atoms with van der Waals surface area (Å²) in [6, 6.07) is 0. The monoisotopic (exact) mass is 226 g/mol. The molecular formula is C7H16Cl2N4. The highest BCUT2D eigenvalue weighted by atomic mass is 35.5. The van der Waals surface area contributed by atoms with Gasteiger partial charge >= 0.3 is 0 Å². The number of aromatic nitrogens is 3. The Labute approximate surface area is 90.7 Å². The van der Waals surface area contributed by atoms with Crippen LogP contribution < -0.4 is 5.73 Å². The lowest BCUT2D eigenvalue weighted by atomic mass is 10.2. The van der Waals surface area contributed by atoms with Gasteiger partial charge in [-0.2, -0.15) is 5.10 Å². The fraction of sp³-hybridized carbons (Fsp3) is 0.714. The Morgan fingerprint density at radius 3 is 2.46 bits per heavy atom. The Morgan fingerprint density at radius 1 is 1.15 bits per heavy atom. The first-order valence-corrected chi connectivity index (χ1v) is 3.96. The van der Waals surface area contributed by atoms with E-state index in [0.717, 1.165) is 25.9 Å². The third-order valence-corrected chi connectivity index (χ3v) is 1.56. The molecule has 78 valence electrons. The van der Waals surface area contributed by atoms with Gasteiger partial charge in [0, 0.05) is 6.54 Å². The van der Waals surface area contributed by atoms with Crippen molar-refractivity contribution in [3.8, 4) is 0 Å². The van der Waals surface area contributed by atoms with Crippen molar-refractivity contribution in [3.05, 3.63) is 12.7 Å². The van der Waals surface area contributed by atoms with Crippen LogP contribution in [0.1, 0.15) is 19.3 Å². The fourth-order valence-electron chi connectivity index (χ4n) is 0.943. The first-order valence-electron chi connectivity index (χ1n) is 3.96. The molecule has 0 aromatic carbocycles. The van der Waals surface area contributed by atoms with Gasteiger partial charge in [0.2, 0.25) is 0 Å². The lowest BCUT2D eigenvalue weighted by Crippen LogP contribution is -2.01. The van der Waals surface area contributed by atoms with Crippen LogP contribution in [0.2, 0.25) is 0 Å². The van der Waals surface area contributed by atoms with E-state index in [0.29, 0.717) is 0 Å². The smallest absolute Gasteiger partial charge is 0.137 e. The molecule has 0 atom stereocenters. The number of unbranched alkanes of at least 4 members (excludes halogenated alkanes) is 2. The largest absolute Gasteiger partial charge is 0.330 e. The normalized spacial score (nSPS) is 8.69. The zero-order valence-corrected chi connectivity index (χ0v) is 9.06. The standard InChI is InChI=1S/C7H14N4.2ClH/c8-4-2-1-3-5-11-7-9-6-10-11;;/h6-7H,1-5,8H2;2*1H. The minimum absolute atomic E-state index is 0. The summed E-state index contributed by atoms with van der Waals surface area (Å²) in [6.45, 7) is 1.75. The van der Waals surface area contributed by atoms with E-state index in [1.807, 2.05) is 4.68 Å². The maximum Gasteiger partial charge on any atom is 0.137 e. The molecule has 0 aliphatic heterocycles. The number of aryl methyl sites for hydroxylation is 1. The van der Waals surface area contributed by atoms with Crippen LogP contribution in [-0.2, 0) is 6.54 Å². The van der Waals surface area contributed by atoms with E-state index in [1.165, 1.54) is 6.42 Å². The average molecular weight is 227 g/mol. The third-order valence-electron chi connectivity index (χ3n) is 1.56. The minimum Gasteiger partial charge on any atom is -0.330 e. The summed E-state index contributed by atoms with van der Waals surface area (Å²) in [5.41, 5.74) is 5.35. The zero-order chi connectivity index (χ0) is 7.94. The van der Waals surface area contributed by atoms with Crippen molar-refractivity contribution >= 4 is 24.8 Å². The second-order valence-electron chi connectivity index (χ2n) is 2.51. The summed E-state index contributed by atoms with van der Waals surface area (Å²) < 4.78 is 1.84. The predicted molar refractivity (Wildman–Crippen MR) is 57.4 cm³/mol. The molecule has 6 heteroatoms. The summed E-state index contributed by atoms with van der Waals surface area (Å²) in [5, 5.41) is 3.99. The van der Waals surface area contributed by atoms with E-state index >= 15 is 0 Å². The van der Waals surface area contributed by atoms with Gasteiger partial charge in [0.05, 0.1) is 0 Å². The molecule has 4 nitrogen and oxygen atoms in total. The molecule has 1 heterocycles. The SMILES string of the molecule is Cl.Cl.NCCCCCn1cncn1. The van der Waals surface area contributed by atoms with E-state index in [1.54, 1.807) is 12.7 Å². The summed E-state index contributed by atoms with van der Waals surface area (Å²) in [4.78, 5) is 3.85. The van der Waals surface area contributed by atoms with Gasteiger partial charge in [-0.15, -0.1) is 24.8 Å². The molecule has 0 fully saturated rings. The van der Waals surface area contributed by atoms with Crippen molar-refractivity contribution in [2.45, 2.75) is 25.8 Å². The lowest BCUT2D eigenvalue weighted by molar-refractivity contribution is 0.546. The van der Waals surface area contributed by atoms with Crippen LogP contribution in [0.3, 0.4) is 0 Å². The quantitative estimate of drug-likeness (QED) is 0.770. The third kappa shape index (κ3) is 6.81. The van der Waals surface area contributed by atoms with Crippen LogP contribution in [0, 0.1) is 0 Å². The van der Waals surface area contributed by atoms with Crippen LogP contribution in [0.4, 0.5) is 0 Å². The van der Waals surface area contributed by atoms with E-state index < -0.39 is 0 Å². The molecule has 0 bridgehead atoms. The van der Waals surface area contributed by atoms with Gasteiger partial charge in [-0.1, -0.05) is 6.42 Å². The number of rotatable bonds is 5. The number of hydrogen-bond acceptors (Lipinski definition) is 3.